The van der Waals surface area contributed by atoms with E-state index in [-0.39, 0.29) is 6.61 Å². The number of benzene rings is 1. The fourth-order valence-corrected chi connectivity index (χ4v) is 0.948. The molecular weight excluding hydrogens is 178 g/mol. The first-order valence-corrected chi connectivity index (χ1v) is 4.10. The maximum atomic E-state index is 5.30. The Balaban J connectivity index is 2.81. The molecule has 3 nitrogen and oxygen atoms in total. The Morgan fingerprint density at radius 3 is 3.00 bits per heavy atom. The van der Waals surface area contributed by atoms with Crippen LogP contribution in [0.5, 0.6) is 5.75 Å². The van der Waals surface area contributed by atoms with Crippen LogP contribution in [0.25, 0.3) is 0 Å². The van der Waals surface area contributed by atoms with E-state index in [0.717, 1.165) is 5.56 Å². The van der Waals surface area contributed by atoms with Crippen molar-refractivity contribution in [3.8, 4) is 18.1 Å². The molecule has 0 unspecified atom stereocenters. The zero-order valence-electron chi connectivity index (χ0n) is 7.93. The van der Waals surface area contributed by atoms with Crippen LogP contribution >= 0.6 is 0 Å². The van der Waals surface area contributed by atoms with Crippen molar-refractivity contribution < 1.29 is 9.57 Å². The highest BCUT2D eigenvalue weighted by Gasteiger charge is 1.98. The lowest BCUT2D eigenvalue weighted by molar-refractivity contribution is 0.215. The molecule has 0 aliphatic carbocycles. The van der Waals surface area contributed by atoms with Gasteiger partial charge in [-0.2, -0.15) is 0 Å². The van der Waals surface area contributed by atoms with Gasteiger partial charge >= 0.3 is 0 Å². The van der Waals surface area contributed by atoms with E-state index in [1.54, 1.807) is 6.21 Å². The molecule has 0 aliphatic rings. The van der Waals surface area contributed by atoms with Gasteiger partial charge in [-0.1, -0.05) is 23.2 Å². The molecule has 1 rings (SSSR count). The highest BCUT2D eigenvalue weighted by atomic mass is 16.6. The summed E-state index contributed by atoms with van der Waals surface area (Å²) >= 11 is 0. The van der Waals surface area contributed by atoms with Gasteiger partial charge in [0.2, 0.25) is 0 Å². The van der Waals surface area contributed by atoms with E-state index in [1.807, 2.05) is 24.3 Å². The number of para-hydroxylation sites is 1. The van der Waals surface area contributed by atoms with Crippen LogP contribution in [0.15, 0.2) is 29.4 Å². The molecule has 0 fully saturated rings. The maximum absolute atomic E-state index is 5.30. The van der Waals surface area contributed by atoms with E-state index in [2.05, 4.69) is 15.9 Å². The van der Waals surface area contributed by atoms with Crippen LogP contribution in [0.1, 0.15) is 5.56 Å². The van der Waals surface area contributed by atoms with Crippen LogP contribution < -0.4 is 4.74 Å². The molecule has 0 bridgehead atoms. The van der Waals surface area contributed by atoms with Crippen molar-refractivity contribution in [1.29, 1.82) is 0 Å². The van der Waals surface area contributed by atoms with E-state index < -0.39 is 0 Å². The summed E-state index contributed by atoms with van der Waals surface area (Å²) in [4.78, 5) is 4.58. The lowest BCUT2D eigenvalue weighted by Crippen LogP contribution is -1.97. The van der Waals surface area contributed by atoms with Crippen molar-refractivity contribution >= 4 is 6.21 Å². The average molecular weight is 189 g/mol. The Hall–Kier alpha value is -1.95. The van der Waals surface area contributed by atoms with Gasteiger partial charge < -0.3 is 9.57 Å². The van der Waals surface area contributed by atoms with Crippen LogP contribution in [0.2, 0.25) is 0 Å². The molecule has 72 valence electrons. The van der Waals surface area contributed by atoms with Gasteiger partial charge in [0.1, 0.15) is 19.5 Å². The fraction of sp³-hybridized carbons (Fsp3) is 0.182. The van der Waals surface area contributed by atoms with E-state index in [0.29, 0.717) is 5.75 Å². The van der Waals surface area contributed by atoms with Crippen molar-refractivity contribution in [2.24, 2.45) is 5.16 Å². The molecule has 1 aromatic carbocycles. The van der Waals surface area contributed by atoms with Gasteiger partial charge in [0, 0.05) is 5.56 Å². The van der Waals surface area contributed by atoms with Gasteiger partial charge in [-0.25, -0.2) is 0 Å². The standard InChI is InChI=1S/C11H11NO2/c1-3-8-14-11-7-5-4-6-10(11)9-12-13-2/h1,4-7,9H,8H2,2H3/b12-9+. The fourth-order valence-electron chi connectivity index (χ4n) is 0.948. The summed E-state index contributed by atoms with van der Waals surface area (Å²) in [7, 11) is 1.49. The van der Waals surface area contributed by atoms with Crippen LogP contribution in [-0.4, -0.2) is 19.9 Å². The SMILES string of the molecule is C#CCOc1ccccc1/C=N/OC. The molecule has 0 heterocycles. The van der Waals surface area contributed by atoms with E-state index in [1.165, 1.54) is 7.11 Å². The quantitative estimate of drug-likeness (QED) is 0.410. The summed E-state index contributed by atoms with van der Waals surface area (Å²) in [6.07, 6.45) is 6.67. The second-order valence-corrected chi connectivity index (χ2v) is 2.45. The lowest BCUT2D eigenvalue weighted by atomic mass is 10.2. The van der Waals surface area contributed by atoms with Crippen molar-refractivity contribution in [2.75, 3.05) is 13.7 Å². The molecule has 3 heteroatoms. The first-order valence-electron chi connectivity index (χ1n) is 4.10. The Morgan fingerprint density at radius 1 is 1.50 bits per heavy atom. The molecule has 0 aromatic heterocycles. The van der Waals surface area contributed by atoms with E-state index in [4.69, 9.17) is 11.2 Å². The van der Waals surface area contributed by atoms with Crippen molar-refractivity contribution in [3.63, 3.8) is 0 Å². The smallest absolute Gasteiger partial charge is 0.148 e. The summed E-state index contributed by atoms with van der Waals surface area (Å²) in [6, 6.07) is 7.46. The van der Waals surface area contributed by atoms with Gasteiger partial charge in [-0.15, -0.1) is 6.42 Å². The van der Waals surface area contributed by atoms with E-state index >= 15 is 0 Å². The normalized spacial score (nSPS) is 9.71. The molecule has 0 atom stereocenters. The van der Waals surface area contributed by atoms with Crippen molar-refractivity contribution in [3.05, 3.63) is 29.8 Å². The largest absolute Gasteiger partial charge is 0.480 e. The maximum Gasteiger partial charge on any atom is 0.148 e. The zero-order valence-corrected chi connectivity index (χ0v) is 7.93. The summed E-state index contributed by atoms with van der Waals surface area (Å²) in [6.45, 7) is 0.248. The highest BCUT2D eigenvalue weighted by molar-refractivity contribution is 5.83. The minimum atomic E-state index is 0.248. The number of hydrogen-bond acceptors (Lipinski definition) is 3. The van der Waals surface area contributed by atoms with Crippen molar-refractivity contribution in [2.45, 2.75) is 0 Å². The molecular formula is C11H11NO2. The van der Waals surface area contributed by atoms with Crippen LogP contribution in [-0.2, 0) is 4.84 Å². The third-order valence-corrected chi connectivity index (χ3v) is 1.53. The Labute approximate surface area is 83.3 Å². The predicted molar refractivity (Wildman–Crippen MR) is 55.4 cm³/mol. The highest BCUT2D eigenvalue weighted by Crippen LogP contribution is 2.15. The first-order chi connectivity index (χ1) is 6.88. The second-order valence-electron chi connectivity index (χ2n) is 2.45. The number of oxime groups is 1. The summed E-state index contributed by atoms with van der Waals surface area (Å²) in [5.41, 5.74) is 0.838. The van der Waals surface area contributed by atoms with Gasteiger partial charge in [-0.3, -0.25) is 0 Å². The topological polar surface area (TPSA) is 30.8 Å². The van der Waals surface area contributed by atoms with Crippen LogP contribution in [0.4, 0.5) is 0 Å². The summed E-state index contributed by atoms with van der Waals surface area (Å²) < 4.78 is 5.30. The third kappa shape index (κ3) is 2.83. The summed E-state index contributed by atoms with van der Waals surface area (Å²) in [5.74, 6) is 3.10. The second kappa shape index (κ2) is 5.65. The number of rotatable bonds is 4. The predicted octanol–water partition coefficient (Wildman–Crippen LogP) is 1.68. The Kier molecular flexibility index (Phi) is 4.09. The lowest BCUT2D eigenvalue weighted by Gasteiger charge is -2.04. The molecule has 1 aromatic rings. The van der Waals surface area contributed by atoms with Crippen LogP contribution in [0, 0.1) is 12.3 Å². The van der Waals surface area contributed by atoms with Gasteiger partial charge in [0.05, 0.1) is 6.21 Å². The molecule has 0 amide bonds. The Morgan fingerprint density at radius 2 is 2.29 bits per heavy atom. The molecule has 0 aliphatic heterocycles. The van der Waals surface area contributed by atoms with E-state index in [9.17, 15) is 0 Å². The number of nitrogens with zero attached hydrogens (tertiary/aromatic N) is 1. The molecule has 0 spiro atoms. The average Bonchev–Trinajstić information content (AvgIpc) is 2.24. The minimum Gasteiger partial charge on any atom is -0.480 e. The third-order valence-electron chi connectivity index (χ3n) is 1.53. The zero-order chi connectivity index (χ0) is 10.2. The molecule has 0 N–H and O–H groups in total. The van der Waals surface area contributed by atoms with Crippen molar-refractivity contribution in [1.82, 2.24) is 0 Å². The molecule has 0 saturated heterocycles. The number of ether oxygens (including phenoxy) is 1. The minimum absolute atomic E-state index is 0.248. The first kappa shape index (κ1) is 10.1. The van der Waals surface area contributed by atoms with Gasteiger partial charge in [0.15, 0.2) is 0 Å². The molecule has 0 radical (unpaired) electrons. The monoisotopic (exact) mass is 189 g/mol. The molecule has 0 saturated carbocycles. The summed E-state index contributed by atoms with van der Waals surface area (Å²) in [5, 5.41) is 3.65. The van der Waals surface area contributed by atoms with Gasteiger partial charge in [-0.05, 0) is 12.1 Å². The Bertz CT molecular complexity index is 353. The van der Waals surface area contributed by atoms with Crippen LogP contribution in [0.3, 0.4) is 0 Å². The number of terminal acetylenes is 1. The molecule has 14 heavy (non-hydrogen) atoms. The number of hydrogen-bond donors (Lipinski definition) is 0. The van der Waals surface area contributed by atoms with Gasteiger partial charge in [0.25, 0.3) is 0 Å².